The van der Waals surface area contributed by atoms with Gasteiger partial charge in [-0.2, -0.15) is 0 Å². The first kappa shape index (κ1) is 12.9. The molecule has 0 aliphatic rings. The Morgan fingerprint density at radius 2 is 1.75 bits per heavy atom. The summed E-state index contributed by atoms with van der Waals surface area (Å²) in [5.74, 6) is 1.07. The van der Waals surface area contributed by atoms with Gasteiger partial charge in [0, 0.05) is 11.6 Å². The number of aromatic nitrogens is 2. The molecule has 1 aromatic heterocycles. The quantitative estimate of drug-likeness (QED) is 0.643. The normalized spacial score (nSPS) is 11.4. The molecule has 0 aliphatic carbocycles. The Kier molecular flexibility index (Phi) is 3.09. The van der Waals surface area contributed by atoms with Crippen molar-refractivity contribution in [3.8, 4) is 11.4 Å². The second-order valence-corrected chi connectivity index (χ2v) is 5.71. The number of para-hydroxylation sites is 2. The van der Waals surface area contributed by atoms with E-state index in [1.54, 1.807) is 0 Å². The number of nitrogens with zero attached hydrogens (tertiary/aromatic N) is 2. The maximum Gasteiger partial charge on any atom is 0.141 e. The van der Waals surface area contributed by atoms with Crippen LogP contribution in [0.3, 0.4) is 0 Å². The highest BCUT2D eigenvalue weighted by Crippen LogP contribution is 2.30. The zero-order valence-corrected chi connectivity index (χ0v) is 12.5. The minimum absolute atomic E-state index is 0.387. The van der Waals surface area contributed by atoms with Crippen LogP contribution in [-0.4, -0.2) is 9.55 Å². The molecule has 0 saturated carbocycles. The third-order valence-electron chi connectivity index (χ3n) is 3.74. The molecule has 0 atom stereocenters. The minimum atomic E-state index is 0.387. The first-order chi connectivity index (χ1) is 9.58. The van der Waals surface area contributed by atoms with Crippen LogP contribution < -0.4 is 0 Å². The number of imidazole rings is 1. The number of hydrogen-bond donors (Lipinski definition) is 0. The number of fused-ring (bicyclic) bond motifs is 1. The van der Waals surface area contributed by atoms with E-state index in [2.05, 4.69) is 68.7 Å². The van der Waals surface area contributed by atoms with Gasteiger partial charge in [-0.05, 0) is 45.4 Å². The van der Waals surface area contributed by atoms with Crippen molar-refractivity contribution in [1.29, 1.82) is 0 Å². The summed E-state index contributed by atoms with van der Waals surface area (Å²) in [5, 5.41) is 0. The van der Waals surface area contributed by atoms with Crippen LogP contribution in [0.25, 0.3) is 22.4 Å². The summed E-state index contributed by atoms with van der Waals surface area (Å²) in [6.07, 6.45) is 0. The van der Waals surface area contributed by atoms with Gasteiger partial charge < -0.3 is 4.57 Å². The topological polar surface area (TPSA) is 17.8 Å². The molecule has 0 bridgehead atoms. The van der Waals surface area contributed by atoms with Gasteiger partial charge in [-0.3, -0.25) is 0 Å². The Balaban J connectivity index is 2.32. The molecule has 0 fully saturated rings. The molecule has 0 N–H and O–H groups in total. The van der Waals surface area contributed by atoms with Crippen molar-refractivity contribution in [2.45, 2.75) is 33.7 Å². The van der Waals surface area contributed by atoms with Crippen LogP contribution in [-0.2, 0) is 0 Å². The van der Waals surface area contributed by atoms with Crippen LogP contribution in [0.15, 0.2) is 42.5 Å². The van der Waals surface area contributed by atoms with E-state index < -0.39 is 0 Å². The largest absolute Gasteiger partial charge is 0.321 e. The monoisotopic (exact) mass is 264 g/mol. The molecule has 20 heavy (non-hydrogen) atoms. The molecule has 0 unspecified atom stereocenters. The Morgan fingerprint density at radius 1 is 1.00 bits per heavy atom. The summed E-state index contributed by atoms with van der Waals surface area (Å²) in [5.41, 5.74) is 6.06. The van der Waals surface area contributed by atoms with Gasteiger partial charge >= 0.3 is 0 Å². The highest BCUT2D eigenvalue weighted by atomic mass is 15.1. The molecule has 2 heteroatoms. The average Bonchev–Trinajstić information content (AvgIpc) is 2.77. The van der Waals surface area contributed by atoms with E-state index in [9.17, 15) is 0 Å². The molecule has 2 aromatic carbocycles. The summed E-state index contributed by atoms with van der Waals surface area (Å²) >= 11 is 0. The third kappa shape index (κ3) is 2.01. The minimum Gasteiger partial charge on any atom is -0.321 e. The van der Waals surface area contributed by atoms with Gasteiger partial charge in [0.25, 0.3) is 0 Å². The van der Waals surface area contributed by atoms with E-state index in [1.807, 2.05) is 6.07 Å². The molecular weight excluding hydrogens is 244 g/mol. The zero-order chi connectivity index (χ0) is 14.3. The smallest absolute Gasteiger partial charge is 0.141 e. The fraction of sp³-hybridized carbons (Fsp3) is 0.278. The lowest BCUT2D eigenvalue weighted by atomic mass is 10.1. The Hall–Kier alpha value is -2.09. The lowest BCUT2D eigenvalue weighted by Gasteiger charge is -2.14. The summed E-state index contributed by atoms with van der Waals surface area (Å²) in [4.78, 5) is 4.86. The van der Waals surface area contributed by atoms with Gasteiger partial charge in [-0.1, -0.05) is 35.9 Å². The highest BCUT2D eigenvalue weighted by molar-refractivity contribution is 5.81. The SMILES string of the molecule is Cc1ccc(-c2nc3ccccc3n2C(C)C)c(C)c1. The van der Waals surface area contributed by atoms with Gasteiger partial charge in [-0.25, -0.2) is 4.98 Å². The average molecular weight is 264 g/mol. The Morgan fingerprint density at radius 3 is 2.45 bits per heavy atom. The van der Waals surface area contributed by atoms with Gasteiger partial charge in [0.1, 0.15) is 5.82 Å². The standard InChI is InChI=1S/C18H20N2/c1-12(2)20-17-8-6-5-7-16(17)19-18(20)15-10-9-13(3)11-14(15)4/h5-12H,1-4H3. The van der Waals surface area contributed by atoms with Crippen molar-refractivity contribution in [3.05, 3.63) is 53.6 Å². The number of benzene rings is 2. The van der Waals surface area contributed by atoms with E-state index in [1.165, 1.54) is 22.2 Å². The van der Waals surface area contributed by atoms with Gasteiger partial charge in [0.15, 0.2) is 0 Å². The molecule has 102 valence electrons. The molecule has 0 aliphatic heterocycles. The van der Waals surface area contributed by atoms with E-state index in [0.717, 1.165) is 11.3 Å². The fourth-order valence-corrected chi connectivity index (χ4v) is 2.82. The molecule has 0 saturated heterocycles. The van der Waals surface area contributed by atoms with Crippen molar-refractivity contribution in [3.63, 3.8) is 0 Å². The van der Waals surface area contributed by atoms with Crippen molar-refractivity contribution in [2.24, 2.45) is 0 Å². The van der Waals surface area contributed by atoms with Crippen LogP contribution >= 0.6 is 0 Å². The molecule has 0 amide bonds. The van der Waals surface area contributed by atoms with Crippen molar-refractivity contribution in [2.75, 3.05) is 0 Å². The number of rotatable bonds is 2. The summed E-state index contributed by atoms with van der Waals surface area (Å²) < 4.78 is 2.33. The highest BCUT2D eigenvalue weighted by Gasteiger charge is 2.15. The van der Waals surface area contributed by atoms with Gasteiger partial charge in [0.05, 0.1) is 11.0 Å². The molecule has 3 aromatic rings. The fourth-order valence-electron chi connectivity index (χ4n) is 2.82. The van der Waals surface area contributed by atoms with Crippen molar-refractivity contribution >= 4 is 11.0 Å². The van der Waals surface area contributed by atoms with Gasteiger partial charge in [-0.15, -0.1) is 0 Å². The molecular formula is C18H20N2. The predicted molar refractivity (Wildman–Crippen MR) is 85.0 cm³/mol. The number of hydrogen-bond acceptors (Lipinski definition) is 1. The third-order valence-corrected chi connectivity index (χ3v) is 3.74. The first-order valence-corrected chi connectivity index (χ1v) is 7.12. The molecule has 2 nitrogen and oxygen atoms in total. The maximum atomic E-state index is 4.86. The van der Waals surface area contributed by atoms with Crippen molar-refractivity contribution in [1.82, 2.24) is 9.55 Å². The number of aryl methyl sites for hydroxylation is 2. The molecule has 0 spiro atoms. The molecule has 3 rings (SSSR count). The van der Waals surface area contributed by atoms with Crippen LogP contribution in [0.1, 0.15) is 31.0 Å². The van der Waals surface area contributed by atoms with E-state index in [0.29, 0.717) is 6.04 Å². The maximum absolute atomic E-state index is 4.86. The van der Waals surface area contributed by atoms with E-state index >= 15 is 0 Å². The summed E-state index contributed by atoms with van der Waals surface area (Å²) in [7, 11) is 0. The van der Waals surface area contributed by atoms with Crippen LogP contribution in [0.2, 0.25) is 0 Å². The lowest BCUT2D eigenvalue weighted by Crippen LogP contribution is -2.03. The summed E-state index contributed by atoms with van der Waals surface area (Å²) in [6.45, 7) is 8.71. The lowest BCUT2D eigenvalue weighted by molar-refractivity contribution is 0.624. The van der Waals surface area contributed by atoms with E-state index in [4.69, 9.17) is 4.98 Å². The van der Waals surface area contributed by atoms with Crippen LogP contribution in [0, 0.1) is 13.8 Å². The summed E-state index contributed by atoms with van der Waals surface area (Å²) in [6, 6.07) is 15.3. The van der Waals surface area contributed by atoms with Crippen LogP contribution in [0.4, 0.5) is 0 Å². The van der Waals surface area contributed by atoms with Crippen molar-refractivity contribution < 1.29 is 0 Å². The Labute approximate surface area is 120 Å². The second-order valence-electron chi connectivity index (χ2n) is 5.71. The Bertz CT molecular complexity index is 766. The second kappa shape index (κ2) is 4.78. The predicted octanol–water partition coefficient (Wildman–Crippen LogP) is 4.90. The van der Waals surface area contributed by atoms with E-state index in [-0.39, 0.29) is 0 Å². The van der Waals surface area contributed by atoms with Crippen LogP contribution in [0.5, 0.6) is 0 Å². The molecule has 1 heterocycles. The van der Waals surface area contributed by atoms with Gasteiger partial charge in [0.2, 0.25) is 0 Å². The first-order valence-electron chi connectivity index (χ1n) is 7.12. The molecule has 0 radical (unpaired) electrons. The zero-order valence-electron chi connectivity index (χ0n) is 12.5.